The SMILES string of the molecule is Cn1c(SCC(=O)NCc2ccccc2)nnc1C1CCS(=O)(=O)C1. The molecule has 7 nitrogen and oxygen atoms in total. The third kappa shape index (κ3) is 4.60. The number of nitrogens with one attached hydrogen (secondary N) is 1. The van der Waals surface area contributed by atoms with Gasteiger partial charge in [0, 0.05) is 19.5 Å². The maximum atomic E-state index is 12.0. The van der Waals surface area contributed by atoms with Crippen LogP contribution in [0.25, 0.3) is 0 Å². The van der Waals surface area contributed by atoms with Gasteiger partial charge in [-0.1, -0.05) is 42.1 Å². The topological polar surface area (TPSA) is 93.9 Å². The Bertz CT molecular complexity index is 850. The van der Waals surface area contributed by atoms with Crippen molar-refractivity contribution in [2.24, 2.45) is 7.05 Å². The number of rotatable bonds is 6. The maximum Gasteiger partial charge on any atom is 0.230 e. The summed E-state index contributed by atoms with van der Waals surface area (Å²) >= 11 is 1.30. The van der Waals surface area contributed by atoms with Crippen molar-refractivity contribution < 1.29 is 13.2 Å². The zero-order valence-corrected chi connectivity index (χ0v) is 15.5. The predicted molar refractivity (Wildman–Crippen MR) is 96.0 cm³/mol. The second-order valence-electron chi connectivity index (χ2n) is 6.05. The first kappa shape index (κ1) is 17.9. The summed E-state index contributed by atoms with van der Waals surface area (Å²) in [5.74, 6) is 1.05. The third-order valence-corrected chi connectivity index (χ3v) is 6.92. The number of carbonyl (C=O) groups is 1. The first-order chi connectivity index (χ1) is 11.9. The monoisotopic (exact) mass is 380 g/mol. The number of carbonyl (C=O) groups excluding carboxylic acids is 1. The molecule has 9 heteroatoms. The highest BCUT2D eigenvalue weighted by molar-refractivity contribution is 7.99. The molecule has 1 amide bonds. The standard InChI is InChI=1S/C16H20N4O3S2/c1-20-15(13-7-8-25(22,23)11-13)18-19-16(20)24-10-14(21)17-9-12-5-3-2-4-6-12/h2-6,13H,7-11H2,1H3,(H,17,21). The molecule has 0 spiro atoms. The van der Waals surface area contributed by atoms with Gasteiger partial charge in [-0.2, -0.15) is 0 Å². The zero-order chi connectivity index (χ0) is 17.9. The molecule has 2 heterocycles. The van der Waals surface area contributed by atoms with Crippen LogP contribution in [0.1, 0.15) is 23.7 Å². The Kier molecular flexibility index (Phi) is 5.43. The van der Waals surface area contributed by atoms with E-state index in [1.807, 2.05) is 37.4 Å². The quantitative estimate of drug-likeness (QED) is 0.755. The summed E-state index contributed by atoms with van der Waals surface area (Å²) in [6, 6.07) is 9.71. The van der Waals surface area contributed by atoms with Gasteiger partial charge >= 0.3 is 0 Å². The first-order valence-electron chi connectivity index (χ1n) is 7.98. The number of thioether (sulfide) groups is 1. The van der Waals surface area contributed by atoms with Crippen molar-refractivity contribution in [3.8, 4) is 0 Å². The van der Waals surface area contributed by atoms with Crippen LogP contribution in [0.15, 0.2) is 35.5 Å². The number of amides is 1. The fourth-order valence-corrected chi connectivity index (χ4v) is 5.27. The van der Waals surface area contributed by atoms with E-state index in [0.717, 1.165) is 5.56 Å². The van der Waals surface area contributed by atoms with Crippen LogP contribution in [0.5, 0.6) is 0 Å². The average Bonchev–Trinajstić information content (AvgIpc) is 3.14. The lowest BCUT2D eigenvalue weighted by Gasteiger charge is -2.08. The van der Waals surface area contributed by atoms with E-state index in [-0.39, 0.29) is 29.1 Å². The fraction of sp³-hybridized carbons (Fsp3) is 0.438. The predicted octanol–water partition coefficient (Wildman–Crippen LogP) is 1.13. The van der Waals surface area contributed by atoms with Crippen molar-refractivity contribution in [3.05, 3.63) is 41.7 Å². The highest BCUT2D eigenvalue weighted by Crippen LogP contribution is 2.29. The van der Waals surface area contributed by atoms with Crippen LogP contribution in [0.4, 0.5) is 0 Å². The van der Waals surface area contributed by atoms with Gasteiger partial charge in [-0.15, -0.1) is 10.2 Å². The van der Waals surface area contributed by atoms with Crippen LogP contribution in [-0.4, -0.2) is 46.3 Å². The van der Waals surface area contributed by atoms with E-state index < -0.39 is 9.84 Å². The highest BCUT2D eigenvalue weighted by Gasteiger charge is 2.32. The van der Waals surface area contributed by atoms with Gasteiger partial charge in [0.15, 0.2) is 15.0 Å². The second-order valence-corrected chi connectivity index (χ2v) is 9.22. The summed E-state index contributed by atoms with van der Waals surface area (Å²) in [5, 5.41) is 11.7. The smallest absolute Gasteiger partial charge is 0.230 e. The fourth-order valence-electron chi connectivity index (χ4n) is 2.78. The summed E-state index contributed by atoms with van der Waals surface area (Å²) < 4.78 is 25.0. The lowest BCUT2D eigenvalue weighted by molar-refractivity contribution is -0.118. The lowest BCUT2D eigenvalue weighted by atomic mass is 10.1. The van der Waals surface area contributed by atoms with E-state index in [1.54, 1.807) is 4.57 Å². The molecule has 0 saturated carbocycles. The van der Waals surface area contributed by atoms with Gasteiger partial charge in [0.1, 0.15) is 5.82 Å². The number of sulfone groups is 1. The molecule has 0 aliphatic carbocycles. The molecular formula is C16H20N4O3S2. The summed E-state index contributed by atoms with van der Waals surface area (Å²) in [5.41, 5.74) is 1.05. The Morgan fingerprint density at radius 3 is 2.76 bits per heavy atom. The second kappa shape index (κ2) is 7.57. The van der Waals surface area contributed by atoms with E-state index >= 15 is 0 Å². The van der Waals surface area contributed by atoms with Crippen LogP contribution in [0, 0.1) is 0 Å². The molecule has 0 radical (unpaired) electrons. The molecular weight excluding hydrogens is 360 g/mol. The molecule has 1 N–H and O–H groups in total. The minimum Gasteiger partial charge on any atom is -0.351 e. The molecule has 1 aliphatic rings. The molecule has 1 aromatic carbocycles. The molecule has 134 valence electrons. The molecule has 3 rings (SSSR count). The minimum atomic E-state index is -2.96. The van der Waals surface area contributed by atoms with Crippen LogP contribution in [0.3, 0.4) is 0 Å². The molecule has 1 fully saturated rings. The third-order valence-electron chi connectivity index (χ3n) is 4.13. The molecule has 1 unspecified atom stereocenters. The van der Waals surface area contributed by atoms with Gasteiger partial charge in [0.05, 0.1) is 17.3 Å². The first-order valence-corrected chi connectivity index (χ1v) is 10.8. The van der Waals surface area contributed by atoms with E-state index in [1.165, 1.54) is 11.8 Å². The summed E-state index contributed by atoms with van der Waals surface area (Å²) in [6.07, 6.45) is 0.580. The average molecular weight is 380 g/mol. The van der Waals surface area contributed by atoms with Crippen molar-refractivity contribution in [2.45, 2.75) is 24.0 Å². The Morgan fingerprint density at radius 2 is 2.08 bits per heavy atom. The number of hydrogen-bond acceptors (Lipinski definition) is 6. The molecule has 1 saturated heterocycles. The van der Waals surface area contributed by atoms with Gasteiger partial charge < -0.3 is 9.88 Å². The van der Waals surface area contributed by atoms with Crippen molar-refractivity contribution in [1.29, 1.82) is 0 Å². The minimum absolute atomic E-state index is 0.0816. The van der Waals surface area contributed by atoms with Gasteiger partial charge in [-0.3, -0.25) is 4.79 Å². The molecule has 1 atom stereocenters. The van der Waals surface area contributed by atoms with Gasteiger partial charge in [0.2, 0.25) is 5.91 Å². The van der Waals surface area contributed by atoms with Crippen molar-refractivity contribution in [2.75, 3.05) is 17.3 Å². The van der Waals surface area contributed by atoms with Crippen LogP contribution >= 0.6 is 11.8 Å². The van der Waals surface area contributed by atoms with E-state index in [2.05, 4.69) is 15.5 Å². The zero-order valence-electron chi connectivity index (χ0n) is 13.9. The van der Waals surface area contributed by atoms with Gasteiger partial charge in [-0.25, -0.2) is 8.42 Å². The highest BCUT2D eigenvalue weighted by atomic mass is 32.2. The van der Waals surface area contributed by atoms with E-state index in [9.17, 15) is 13.2 Å². The number of aromatic nitrogens is 3. The van der Waals surface area contributed by atoms with Crippen molar-refractivity contribution >= 4 is 27.5 Å². The number of benzene rings is 1. The molecule has 1 aromatic heterocycles. The Hall–Kier alpha value is -1.87. The number of nitrogens with zero attached hydrogens (tertiary/aromatic N) is 3. The van der Waals surface area contributed by atoms with E-state index in [0.29, 0.717) is 23.9 Å². The summed E-state index contributed by atoms with van der Waals surface area (Å²) in [6.45, 7) is 0.490. The Balaban J connectivity index is 1.53. The number of hydrogen-bond donors (Lipinski definition) is 1. The van der Waals surface area contributed by atoms with Crippen LogP contribution in [-0.2, 0) is 28.2 Å². The summed E-state index contributed by atoms with van der Waals surface area (Å²) in [7, 11) is -1.15. The molecule has 2 aromatic rings. The van der Waals surface area contributed by atoms with Crippen molar-refractivity contribution in [3.63, 3.8) is 0 Å². The van der Waals surface area contributed by atoms with Gasteiger partial charge in [-0.05, 0) is 12.0 Å². The Morgan fingerprint density at radius 1 is 1.32 bits per heavy atom. The maximum absolute atomic E-state index is 12.0. The lowest BCUT2D eigenvalue weighted by Crippen LogP contribution is -2.24. The molecule has 1 aliphatic heterocycles. The van der Waals surface area contributed by atoms with Crippen LogP contribution < -0.4 is 5.32 Å². The normalized spacial score (nSPS) is 19.0. The molecule has 25 heavy (non-hydrogen) atoms. The van der Waals surface area contributed by atoms with Gasteiger partial charge in [0.25, 0.3) is 0 Å². The summed E-state index contributed by atoms with van der Waals surface area (Å²) in [4.78, 5) is 12.0. The van der Waals surface area contributed by atoms with Crippen LogP contribution in [0.2, 0.25) is 0 Å². The van der Waals surface area contributed by atoms with Crippen molar-refractivity contribution in [1.82, 2.24) is 20.1 Å². The molecule has 0 bridgehead atoms. The largest absolute Gasteiger partial charge is 0.351 e. The Labute approximate surface area is 151 Å². The van der Waals surface area contributed by atoms with E-state index in [4.69, 9.17) is 0 Å².